The van der Waals surface area contributed by atoms with Crippen molar-refractivity contribution in [2.24, 2.45) is 0 Å². The predicted octanol–water partition coefficient (Wildman–Crippen LogP) is 3.10. The molecule has 0 radical (unpaired) electrons. The molecule has 0 saturated heterocycles. The largest absolute Gasteiger partial charge is 0.491 e. The first-order valence-corrected chi connectivity index (χ1v) is 7.33. The molecule has 1 aromatic rings. The molecule has 124 valence electrons. The molecule has 0 saturated carbocycles. The number of benzene rings is 1. The summed E-state index contributed by atoms with van der Waals surface area (Å²) < 4.78 is 24.1. The van der Waals surface area contributed by atoms with Gasteiger partial charge in [-0.25, -0.2) is 9.18 Å². The zero-order valence-corrected chi connectivity index (χ0v) is 14.0. The van der Waals surface area contributed by atoms with Crippen molar-refractivity contribution in [3.05, 3.63) is 28.5 Å². The summed E-state index contributed by atoms with van der Waals surface area (Å²) in [6.45, 7) is 6.22. The number of alkyl carbamates (subject to hydrolysis) is 1. The summed E-state index contributed by atoms with van der Waals surface area (Å²) >= 11 is 5.93. The number of ether oxygens (including phenoxy) is 2. The second-order valence-corrected chi connectivity index (χ2v) is 6.02. The fourth-order valence-electron chi connectivity index (χ4n) is 1.68. The molecule has 0 aliphatic rings. The Morgan fingerprint density at radius 1 is 1.36 bits per heavy atom. The summed E-state index contributed by atoms with van der Waals surface area (Å²) in [6.07, 6.45) is -0.510. The van der Waals surface area contributed by atoms with Crippen LogP contribution in [-0.4, -0.2) is 31.9 Å². The van der Waals surface area contributed by atoms with E-state index in [4.69, 9.17) is 21.1 Å². The minimum absolute atomic E-state index is 0.0342. The van der Waals surface area contributed by atoms with Crippen molar-refractivity contribution in [2.45, 2.75) is 32.9 Å². The van der Waals surface area contributed by atoms with Crippen molar-refractivity contribution in [2.75, 3.05) is 20.2 Å². The number of amides is 1. The highest BCUT2D eigenvalue weighted by Crippen LogP contribution is 2.29. The monoisotopic (exact) mass is 332 g/mol. The number of hydrogen-bond acceptors (Lipinski definition) is 4. The van der Waals surface area contributed by atoms with E-state index in [-0.39, 0.29) is 18.2 Å². The molecule has 0 unspecified atom stereocenters. The first kappa shape index (κ1) is 18.5. The van der Waals surface area contributed by atoms with Gasteiger partial charge in [0, 0.05) is 12.1 Å². The predicted molar refractivity (Wildman–Crippen MR) is 83.9 cm³/mol. The fraction of sp³-hybridized carbons (Fsp3) is 0.533. The lowest BCUT2D eigenvalue weighted by molar-refractivity contribution is 0.0520. The zero-order valence-electron chi connectivity index (χ0n) is 13.3. The van der Waals surface area contributed by atoms with E-state index in [1.54, 1.807) is 27.8 Å². The van der Waals surface area contributed by atoms with E-state index < -0.39 is 17.5 Å². The molecule has 0 spiro atoms. The molecule has 7 heteroatoms. The number of rotatable bonds is 6. The molecule has 5 nitrogen and oxygen atoms in total. The van der Waals surface area contributed by atoms with Gasteiger partial charge in [-0.1, -0.05) is 11.6 Å². The number of hydrogen-bond donors (Lipinski definition) is 2. The first-order chi connectivity index (χ1) is 10.2. The molecule has 1 rings (SSSR count). The Hall–Kier alpha value is -1.53. The van der Waals surface area contributed by atoms with Gasteiger partial charge < -0.3 is 20.1 Å². The van der Waals surface area contributed by atoms with Crippen LogP contribution in [0.5, 0.6) is 5.75 Å². The summed E-state index contributed by atoms with van der Waals surface area (Å²) in [6, 6.07) is 2.76. The second kappa shape index (κ2) is 8.19. The number of carbonyl (C=O) groups excluding carboxylic acids is 1. The third-order valence-electron chi connectivity index (χ3n) is 2.53. The Balaban J connectivity index is 2.52. The highest BCUT2D eigenvalue weighted by atomic mass is 35.5. The number of nitrogens with one attached hydrogen (secondary N) is 2. The molecule has 0 bridgehead atoms. The van der Waals surface area contributed by atoms with Crippen LogP contribution in [0.15, 0.2) is 12.1 Å². The summed E-state index contributed by atoms with van der Waals surface area (Å²) in [4.78, 5) is 11.5. The van der Waals surface area contributed by atoms with Gasteiger partial charge in [-0.3, -0.25) is 0 Å². The Morgan fingerprint density at radius 2 is 2.05 bits per heavy atom. The van der Waals surface area contributed by atoms with E-state index in [9.17, 15) is 9.18 Å². The lowest BCUT2D eigenvalue weighted by Gasteiger charge is -2.20. The molecule has 22 heavy (non-hydrogen) atoms. The molecular weight excluding hydrogens is 311 g/mol. The van der Waals surface area contributed by atoms with Gasteiger partial charge in [0.1, 0.15) is 23.8 Å². The lowest BCUT2D eigenvalue weighted by Crippen LogP contribution is -2.34. The first-order valence-electron chi connectivity index (χ1n) is 6.95. The smallest absolute Gasteiger partial charge is 0.407 e. The molecule has 0 fully saturated rings. The Bertz CT molecular complexity index is 518. The van der Waals surface area contributed by atoms with Gasteiger partial charge in [0.15, 0.2) is 0 Å². The molecule has 0 aromatic heterocycles. The van der Waals surface area contributed by atoms with Gasteiger partial charge in [-0.05, 0) is 40.0 Å². The fourth-order valence-corrected chi connectivity index (χ4v) is 1.90. The number of halogens is 2. The molecule has 0 aliphatic carbocycles. The standard InChI is InChI=1S/C15H22ClFN2O3/c1-15(2,3)22-14(20)19-7-8-21-12-6-5-11(17)13(16)10(12)9-18-4/h5-6,18H,7-9H2,1-4H3,(H,19,20). The highest BCUT2D eigenvalue weighted by molar-refractivity contribution is 6.31. The minimum atomic E-state index is -0.546. The molecule has 0 atom stereocenters. The average Bonchev–Trinajstić information content (AvgIpc) is 2.40. The SMILES string of the molecule is CNCc1c(OCCNC(=O)OC(C)(C)C)ccc(F)c1Cl. The van der Waals surface area contributed by atoms with Gasteiger partial charge in [0.05, 0.1) is 11.6 Å². The normalized spacial score (nSPS) is 11.2. The van der Waals surface area contributed by atoms with Crippen LogP contribution in [0.2, 0.25) is 5.02 Å². The van der Waals surface area contributed by atoms with Crippen molar-refractivity contribution in [3.8, 4) is 5.75 Å². The van der Waals surface area contributed by atoms with Gasteiger partial charge in [-0.15, -0.1) is 0 Å². The summed E-state index contributed by atoms with van der Waals surface area (Å²) in [7, 11) is 1.73. The van der Waals surface area contributed by atoms with Crippen LogP contribution < -0.4 is 15.4 Å². The van der Waals surface area contributed by atoms with Crippen LogP contribution in [0.1, 0.15) is 26.3 Å². The van der Waals surface area contributed by atoms with E-state index in [1.165, 1.54) is 12.1 Å². The van der Waals surface area contributed by atoms with Crippen molar-refractivity contribution < 1.29 is 18.7 Å². The van der Waals surface area contributed by atoms with Gasteiger partial charge in [0.25, 0.3) is 0 Å². The average molecular weight is 333 g/mol. The van der Waals surface area contributed by atoms with Gasteiger partial charge in [-0.2, -0.15) is 0 Å². The third kappa shape index (κ3) is 6.07. The Labute approximate surface area is 135 Å². The van der Waals surface area contributed by atoms with Crippen LogP contribution in [0.25, 0.3) is 0 Å². The molecule has 0 aliphatic heterocycles. The molecule has 2 N–H and O–H groups in total. The van der Waals surface area contributed by atoms with Crippen molar-refractivity contribution in [3.63, 3.8) is 0 Å². The summed E-state index contributed by atoms with van der Waals surface area (Å²) in [5.74, 6) is -0.0158. The Kier molecular flexibility index (Phi) is 6.90. The maximum absolute atomic E-state index is 13.4. The second-order valence-electron chi connectivity index (χ2n) is 5.65. The number of carbonyl (C=O) groups is 1. The van der Waals surface area contributed by atoms with E-state index in [1.807, 2.05) is 0 Å². The molecule has 0 heterocycles. The van der Waals surface area contributed by atoms with Crippen LogP contribution in [-0.2, 0) is 11.3 Å². The summed E-state index contributed by atoms with van der Waals surface area (Å²) in [5.41, 5.74) is -0.00325. The molecular formula is C15H22ClFN2O3. The minimum Gasteiger partial charge on any atom is -0.491 e. The van der Waals surface area contributed by atoms with E-state index in [0.29, 0.717) is 17.9 Å². The molecule has 1 aromatic carbocycles. The van der Waals surface area contributed by atoms with Crippen LogP contribution >= 0.6 is 11.6 Å². The zero-order chi connectivity index (χ0) is 16.8. The van der Waals surface area contributed by atoms with Gasteiger partial charge in [0.2, 0.25) is 0 Å². The van der Waals surface area contributed by atoms with Crippen molar-refractivity contribution in [1.82, 2.24) is 10.6 Å². The van der Waals surface area contributed by atoms with Crippen LogP contribution in [0, 0.1) is 5.82 Å². The van der Waals surface area contributed by atoms with Gasteiger partial charge >= 0.3 is 6.09 Å². The lowest BCUT2D eigenvalue weighted by atomic mass is 10.2. The van der Waals surface area contributed by atoms with Crippen LogP contribution in [0.3, 0.4) is 0 Å². The van der Waals surface area contributed by atoms with Crippen LogP contribution in [0.4, 0.5) is 9.18 Å². The van der Waals surface area contributed by atoms with Crippen molar-refractivity contribution in [1.29, 1.82) is 0 Å². The maximum Gasteiger partial charge on any atom is 0.407 e. The Morgan fingerprint density at radius 3 is 2.64 bits per heavy atom. The topological polar surface area (TPSA) is 59.6 Å². The third-order valence-corrected chi connectivity index (χ3v) is 2.94. The molecule has 1 amide bonds. The van der Waals surface area contributed by atoms with E-state index in [2.05, 4.69) is 10.6 Å². The van der Waals surface area contributed by atoms with E-state index in [0.717, 1.165) is 0 Å². The van der Waals surface area contributed by atoms with Crippen molar-refractivity contribution >= 4 is 17.7 Å². The quantitative estimate of drug-likeness (QED) is 0.786. The highest BCUT2D eigenvalue weighted by Gasteiger charge is 2.16. The maximum atomic E-state index is 13.4. The summed E-state index contributed by atoms with van der Waals surface area (Å²) in [5, 5.41) is 5.52. The van der Waals surface area contributed by atoms with E-state index >= 15 is 0 Å².